The van der Waals surface area contributed by atoms with E-state index in [1.165, 1.54) is 5.56 Å². The van der Waals surface area contributed by atoms with Crippen LogP contribution in [0.25, 0.3) is 0 Å². The monoisotopic (exact) mass is 274 g/mol. The summed E-state index contributed by atoms with van der Waals surface area (Å²) >= 11 is 0. The third-order valence-electron chi connectivity index (χ3n) is 3.88. The van der Waals surface area contributed by atoms with Crippen LogP contribution in [0, 0.1) is 0 Å². The first-order valence-electron chi connectivity index (χ1n) is 7.03. The maximum absolute atomic E-state index is 11.6. The molecule has 0 spiro atoms. The van der Waals surface area contributed by atoms with Crippen molar-refractivity contribution in [3.05, 3.63) is 29.8 Å². The lowest BCUT2D eigenvalue weighted by Crippen LogP contribution is -2.46. The molecule has 2 N–H and O–H groups in total. The van der Waals surface area contributed by atoms with E-state index in [9.17, 15) is 9.59 Å². The van der Waals surface area contributed by atoms with Gasteiger partial charge in [-0.3, -0.25) is 14.9 Å². The van der Waals surface area contributed by atoms with Crippen LogP contribution in [0.15, 0.2) is 24.3 Å². The molecule has 2 aliphatic rings. The molecule has 2 fully saturated rings. The topological polar surface area (TPSA) is 67.4 Å². The number of rotatable bonds is 3. The number of ether oxygens (including phenoxy) is 1. The molecule has 2 aliphatic heterocycles. The first-order chi connectivity index (χ1) is 9.72. The van der Waals surface area contributed by atoms with Crippen molar-refractivity contribution in [3.63, 3.8) is 0 Å². The van der Waals surface area contributed by atoms with Gasteiger partial charge in [0.15, 0.2) is 6.10 Å². The Morgan fingerprint density at radius 3 is 2.55 bits per heavy atom. The highest BCUT2D eigenvalue weighted by molar-refractivity contribution is 5.99. The first-order valence-corrected chi connectivity index (χ1v) is 7.03. The molecule has 1 aromatic carbocycles. The van der Waals surface area contributed by atoms with Gasteiger partial charge in [0, 0.05) is 19.4 Å². The van der Waals surface area contributed by atoms with E-state index >= 15 is 0 Å². The number of carbonyl (C=O) groups excluding carboxylic acids is 2. The number of imide groups is 1. The van der Waals surface area contributed by atoms with Crippen molar-refractivity contribution in [3.8, 4) is 5.75 Å². The summed E-state index contributed by atoms with van der Waals surface area (Å²) in [5, 5.41) is 5.64. The van der Waals surface area contributed by atoms with E-state index in [1.807, 2.05) is 12.1 Å². The number of amides is 2. The third kappa shape index (κ3) is 2.82. The van der Waals surface area contributed by atoms with Crippen molar-refractivity contribution in [2.45, 2.75) is 31.3 Å². The van der Waals surface area contributed by atoms with E-state index in [1.54, 1.807) is 0 Å². The predicted molar refractivity (Wildman–Crippen MR) is 73.5 cm³/mol. The Morgan fingerprint density at radius 1 is 1.10 bits per heavy atom. The van der Waals surface area contributed by atoms with Crippen LogP contribution in [0.4, 0.5) is 0 Å². The Kier molecular flexibility index (Phi) is 3.69. The van der Waals surface area contributed by atoms with Gasteiger partial charge in [-0.15, -0.1) is 0 Å². The van der Waals surface area contributed by atoms with E-state index in [0.29, 0.717) is 24.5 Å². The van der Waals surface area contributed by atoms with Crippen LogP contribution in [-0.4, -0.2) is 31.0 Å². The second-order valence-corrected chi connectivity index (χ2v) is 5.32. The summed E-state index contributed by atoms with van der Waals surface area (Å²) in [5.74, 6) is 0.679. The van der Waals surface area contributed by atoms with E-state index in [2.05, 4.69) is 22.8 Å². The van der Waals surface area contributed by atoms with Gasteiger partial charge in [0.2, 0.25) is 5.91 Å². The van der Waals surface area contributed by atoms with Crippen molar-refractivity contribution in [2.24, 2.45) is 0 Å². The molecule has 0 aromatic heterocycles. The summed E-state index contributed by atoms with van der Waals surface area (Å²) in [6.45, 7) is 2.09. The second kappa shape index (κ2) is 5.63. The van der Waals surface area contributed by atoms with Crippen LogP contribution in [0.3, 0.4) is 0 Å². The molecule has 0 bridgehead atoms. The van der Waals surface area contributed by atoms with Crippen LogP contribution in [-0.2, 0) is 9.59 Å². The number of nitrogens with one attached hydrogen (secondary N) is 2. The molecule has 2 atom stereocenters. The maximum Gasteiger partial charge on any atom is 0.267 e. The van der Waals surface area contributed by atoms with Gasteiger partial charge >= 0.3 is 0 Å². The Labute approximate surface area is 117 Å². The fourth-order valence-corrected chi connectivity index (χ4v) is 2.71. The minimum Gasteiger partial charge on any atom is -0.481 e. The molecule has 2 saturated heterocycles. The third-order valence-corrected chi connectivity index (χ3v) is 3.88. The van der Waals surface area contributed by atoms with Gasteiger partial charge in [0.1, 0.15) is 5.75 Å². The predicted octanol–water partition coefficient (Wildman–Crippen LogP) is 0.947. The van der Waals surface area contributed by atoms with Crippen molar-refractivity contribution in [2.75, 3.05) is 13.1 Å². The molecule has 3 rings (SSSR count). The van der Waals surface area contributed by atoms with Gasteiger partial charge < -0.3 is 10.1 Å². The zero-order chi connectivity index (χ0) is 13.9. The maximum atomic E-state index is 11.6. The molecule has 0 aliphatic carbocycles. The van der Waals surface area contributed by atoms with Gasteiger partial charge in [0.05, 0.1) is 0 Å². The van der Waals surface area contributed by atoms with E-state index in [0.717, 1.165) is 19.5 Å². The minimum atomic E-state index is -0.563. The van der Waals surface area contributed by atoms with E-state index in [4.69, 9.17) is 4.74 Å². The highest BCUT2D eigenvalue weighted by Crippen LogP contribution is 2.25. The van der Waals surface area contributed by atoms with Crippen molar-refractivity contribution in [1.82, 2.24) is 10.6 Å². The Balaban J connectivity index is 1.63. The lowest BCUT2D eigenvalue weighted by Gasteiger charge is -2.22. The van der Waals surface area contributed by atoms with Crippen molar-refractivity contribution >= 4 is 11.8 Å². The molecule has 1 aromatic rings. The summed E-state index contributed by atoms with van der Waals surface area (Å²) in [6, 6.07) is 7.91. The largest absolute Gasteiger partial charge is 0.481 e. The Bertz CT molecular complexity index is 506. The molecule has 20 heavy (non-hydrogen) atoms. The normalized spacial score (nSPS) is 26.4. The molecular weight excluding hydrogens is 256 g/mol. The molecular formula is C15H18N2O3. The van der Waals surface area contributed by atoms with Crippen LogP contribution in [0.2, 0.25) is 0 Å². The van der Waals surface area contributed by atoms with Gasteiger partial charge in [-0.1, -0.05) is 12.1 Å². The lowest BCUT2D eigenvalue weighted by molar-refractivity contribution is -0.138. The van der Waals surface area contributed by atoms with Gasteiger partial charge in [-0.05, 0) is 36.6 Å². The van der Waals surface area contributed by atoms with Gasteiger partial charge in [-0.25, -0.2) is 0 Å². The number of piperidine rings is 1. The molecule has 2 unspecified atom stereocenters. The molecule has 106 valence electrons. The zero-order valence-corrected chi connectivity index (χ0v) is 11.2. The fraction of sp³-hybridized carbons (Fsp3) is 0.467. The van der Waals surface area contributed by atoms with E-state index < -0.39 is 6.10 Å². The summed E-state index contributed by atoms with van der Waals surface area (Å²) in [6.07, 6.45) is 1.38. The highest BCUT2D eigenvalue weighted by atomic mass is 16.5. The van der Waals surface area contributed by atoms with Crippen molar-refractivity contribution < 1.29 is 14.3 Å². The summed E-state index contributed by atoms with van der Waals surface area (Å²) in [7, 11) is 0. The number of carbonyl (C=O) groups is 2. The Hall–Kier alpha value is -1.88. The van der Waals surface area contributed by atoms with Crippen molar-refractivity contribution in [1.29, 1.82) is 0 Å². The molecule has 0 saturated carbocycles. The Morgan fingerprint density at radius 2 is 1.90 bits per heavy atom. The zero-order valence-electron chi connectivity index (χ0n) is 11.2. The van der Waals surface area contributed by atoms with Crippen LogP contribution in [0.1, 0.15) is 30.7 Å². The summed E-state index contributed by atoms with van der Waals surface area (Å²) < 4.78 is 5.65. The minimum absolute atomic E-state index is 0.223. The first kappa shape index (κ1) is 13.1. The van der Waals surface area contributed by atoms with Crippen LogP contribution < -0.4 is 15.4 Å². The number of benzene rings is 1. The molecule has 0 radical (unpaired) electrons. The van der Waals surface area contributed by atoms with Crippen LogP contribution >= 0.6 is 0 Å². The fourth-order valence-electron chi connectivity index (χ4n) is 2.71. The standard InChI is InChI=1S/C15H18N2O3/c18-14-6-5-13(15(19)17-14)20-12-3-1-10(2-4-12)11-7-8-16-9-11/h1-4,11,13,16H,5-9H2,(H,17,18,19). The van der Waals surface area contributed by atoms with E-state index in [-0.39, 0.29) is 11.8 Å². The van der Waals surface area contributed by atoms with Gasteiger partial charge in [0.25, 0.3) is 5.91 Å². The molecule has 5 nitrogen and oxygen atoms in total. The molecule has 2 heterocycles. The SMILES string of the molecule is O=C1CCC(Oc2ccc(C3CCNC3)cc2)C(=O)N1. The average Bonchev–Trinajstić information content (AvgIpc) is 2.97. The summed E-state index contributed by atoms with van der Waals surface area (Å²) in [4.78, 5) is 22.7. The number of hydrogen-bond donors (Lipinski definition) is 2. The second-order valence-electron chi connectivity index (χ2n) is 5.32. The van der Waals surface area contributed by atoms with Gasteiger partial charge in [-0.2, -0.15) is 0 Å². The average molecular weight is 274 g/mol. The number of hydrogen-bond acceptors (Lipinski definition) is 4. The smallest absolute Gasteiger partial charge is 0.267 e. The van der Waals surface area contributed by atoms with Crippen LogP contribution in [0.5, 0.6) is 5.75 Å². The molecule has 5 heteroatoms. The summed E-state index contributed by atoms with van der Waals surface area (Å²) in [5.41, 5.74) is 1.30. The molecule has 2 amide bonds. The lowest BCUT2D eigenvalue weighted by atomic mass is 9.98. The highest BCUT2D eigenvalue weighted by Gasteiger charge is 2.28. The quantitative estimate of drug-likeness (QED) is 0.805.